The van der Waals surface area contributed by atoms with Crippen LogP contribution in [0.25, 0.3) is 0 Å². The van der Waals surface area contributed by atoms with E-state index in [0.29, 0.717) is 5.92 Å². The van der Waals surface area contributed by atoms with Gasteiger partial charge in [-0.05, 0) is 42.4 Å². The third kappa shape index (κ3) is 3.79. The van der Waals surface area contributed by atoms with E-state index in [1.807, 2.05) is 54.6 Å². The molecule has 0 bridgehead atoms. The Morgan fingerprint density at radius 2 is 1.73 bits per heavy atom. The minimum atomic E-state index is -0.559. The third-order valence-electron chi connectivity index (χ3n) is 5.18. The molecule has 1 aliphatic rings. The highest BCUT2D eigenvalue weighted by atomic mass is 16.5. The first-order valence-corrected chi connectivity index (χ1v) is 9.18. The van der Waals surface area contributed by atoms with Gasteiger partial charge in [-0.3, -0.25) is 9.59 Å². The van der Waals surface area contributed by atoms with Gasteiger partial charge < -0.3 is 10.1 Å². The molecular weight excluding hydrogens is 326 g/mol. The predicted octanol–water partition coefficient (Wildman–Crippen LogP) is 4.41. The van der Waals surface area contributed by atoms with Crippen molar-refractivity contribution >= 4 is 17.6 Å². The molecule has 4 nitrogen and oxygen atoms in total. The topological polar surface area (TPSA) is 55.4 Å². The fraction of sp³-hybridized carbons (Fsp3) is 0.364. The van der Waals surface area contributed by atoms with Gasteiger partial charge in [0.1, 0.15) is 0 Å². The minimum Gasteiger partial charge on any atom is -0.455 e. The van der Waals surface area contributed by atoms with Gasteiger partial charge in [-0.25, -0.2) is 0 Å². The number of ether oxygens (including phenoxy) is 1. The zero-order valence-corrected chi connectivity index (χ0v) is 15.3. The van der Waals surface area contributed by atoms with Gasteiger partial charge in [0.2, 0.25) is 0 Å². The Bertz CT molecular complexity index is 781. The van der Waals surface area contributed by atoms with E-state index in [1.165, 1.54) is 0 Å². The number of amides is 1. The first-order valence-electron chi connectivity index (χ1n) is 9.18. The average molecular weight is 351 g/mol. The van der Waals surface area contributed by atoms with Gasteiger partial charge in [0.15, 0.2) is 6.61 Å². The van der Waals surface area contributed by atoms with Crippen molar-refractivity contribution in [3.63, 3.8) is 0 Å². The molecule has 0 saturated heterocycles. The Kier molecular flexibility index (Phi) is 5.40. The van der Waals surface area contributed by atoms with Crippen molar-refractivity contribution in [2.24, 2.45) is 0 Å². The monoisotopic (exact) mass is 351 g/mol. The maximum atomic E-state index is 12.5. The maximum Gasteiger partial charge on any atom is 0.317 e. The van der Waals surface area contributed by atoms with Crippen molar-refractivity contribution in [1.29, 1.82) is 0 Å². The highest BCUT2D eigenvalue weighted by molar-refractivity contribution is 5.95. The number of carbonyl (C=O) groups excluding carboxylic acids is 2. The Hall–Kier alpha value is -2.62. The molecule has 0 heterocycles. The molecule has 4 heteroatoms. The van der Waals surface area contributed by atoms with Crippen LogP contribution in [0.15, 0.2) is 54.6 Å². The molecule has 136 valence electrons. The summed E-state index contributed by atoms with van der Waals surface area (Å²) >= 11 is 0. The zero-order chi connectivity index (χ0) is 18.6. The molecule has 0 unspecified atom stereocenters. The fourth-order valence-corrected chi connectivity index (χ4v) is 3.21. The van der Waals surface area contributed by atoms with Crippen molar-refractivity contribution in [3.05, 3.63) is 65.7 Å². The summed E-state index contributed by atoms with van der Waals surface area (Å²) in [7, 11) is 0. The van der Waals surface area contributed by atoms with Crippen molar-refractivity contribution in [2.75, 3.05) is 11.9 Å². The molecule has 0 aliphatic heterocycles. The molecule has 0 aromatic heterocycles. The highest BCUT2D eigenvalue weighted by Gasteiger charge is 2.52. The Balaban J connectivity index is 1.59. The van der Waals surface area contributed by atoms with Crippen LogP contribution in [0.1, 0.15) is 50.2 Å². The molecule has 26 heavy (non-hydrogen) atoms. The maximum absolute atomic E-state index is 12.5. The predicted molar refractivity (Wildman–Crippen MR) is 102 cm³/mol. The van der Waals surface area contributed by atoms with E-state index in [1.54, 1.807) is 0 Å². The largest absolute Gasteiger partial charge is 0.455 e. The Morgan fingerprint density at radius 3 is 2.38 bits per heavy atom. The van der Waals surface area contributed by atoms with Crippen LogP contribution < -0.4 is 5.32 Å². The average Bonchev–Trinajstić information content (AvgIpc) is 3.49. The van der Waals surface area contributed by atoms with Crippen LogP contribution in [-0.4, -0.2) is 18.5 Å². The second-order valence-corrected chi connectivity index (χ2v) is 6.97. The summed E-state index contributed by atoms with van der Waals surface area (Å²) in [4.78, 5) is 24.8. The molecule has 1 N–H and O–H groups in total. The van der Waals surface area contributed by atoms with Crippen LogP contribution in [0.2, 0.25) is 0 Å². The van der Waals surface area contributed by atoms with E-state index in [4.69, 9.17) is 4.74 Å². The summed E-state index contributed by atoms with van der Waals surface area (Å²) in [6.45, 7) is 3.98. The van der Waals surface area contributed by atoms with Crippen molar-refractivity contribution < 1.29 is 14.3 Å². The number of hydrogen-bond acceptors (Lipinski definition) is 3. The van der Waals surface area contributed by atoms with Gasteiger partial charge in [-0.15, -0.1) is 0 Å². The third-order valence-corrected chi connectivity index (χ3v) is 5.18. The van der Waals surface area contributed by atoms with Gasteiger partial charge in [0.25, 0.3) is 5.91 Å². The first kappa shape index (κ1) is 18.2. The lowest BCUT2D eigenvalue weighted by Crippen LogP contribution is -2.28. The summed E-state index contributed by atoms with van der Waals surface area (Å²) in [6.07, 6.45) is 2.53. The van der Waals surface area contributed by atoms with Crippen LogP contribution >= 0.6 is 0 Å². The molecular formula is C22H25NO3. The smallest absolute Gasteiger partial charge is 0.317 e. The number of benzene rings is 2. The molecule has 2 aromatic rings. The van der Waals surface area contributed by atoms with Crippen LogP contribution in [0, 0.1) is 0 Å². The van der Waals surface area contributed by atoms with E-state index in [9.17, 15) is 9.59 Å². The van der Waals surface area contributed by atoms with Gasteiger partial charge in [0.05, 0.1) is 5.41 Å². The van der Waals surface area contributed by atoms with Crippen molar-refractivity contribution in [1.82, 2.24) is 0 Å². The molecule has 1 fully saturated rings. The standard InChI is InChI=1S/C22H25NO3/c1-3-16(2)18-11-7-8-12-19(18)23-20(24)15-26-21(25)22(13-14-22)17-9-5-4-6-10-17/h4-12,16H,3,13-15H2,1-2H3,(H,23,24)/t16-/m1/s1. The van der Waals surface area contributed by atoms with E-state index in [-0.39, 0.29) is 18.5 Å². The Morgan fingerprint density at radius 1 is 1.08 bits per heavy atom. The second kappa shape index (κ2) is 7.73. The first-order chi connectivity index (χ1) is 12.6. The SMILES string of the molecule is CC[C@@H](C)c1ccccc1NC(=O)COC(=O)C1(c2ccccc2)CC1. The molecule has 1 saturated carbocycles. The van der Waals surface area contributed by atoms with Crippen LogP contribution in [0.4, 0.5) is 5.69 Å². The summed E-state index contributed by atoms with van der Waals surface area (Å²) < 4.78 is 5.33. The number of para-hydroxylation sites is 1. The van der Waals surface area contributed by atoms with E-state index < -0.39 is 5.41 Å². The van der Waals surface area contributed by atoms with E-state index >= 15 is 0 Å². The number of esters is 1. The molecule has 2 aromatic carbocycles. The molecule has 3 rings (SSSR count). The molecule has 1 atom stereocenters. The van der Waals surface area contributed by atoms with Crippen LogP contribution in [0.3, 0.4) is 0 Å². The summed E-state index contributed by atoms with van der Waals surface area (Å²) in [5.74, 6) is -0.270. The van der Waals surface area contributed by atoms with Gasteiger partial charge in [-0.1, -0.05) is 62.4 Å². The highest BCUT2D eigenvalue weighted by Crippen LogP contribution is 2.49. The zero-order valence-electron chi connectivity index (χ0n) is 15.3. The number of nitrogens with one attached hydrogen (secondary N) is 1. The summed E-state index contributed by atoms with van der Waals surface area (Å²) in [5, 5.41) is 2.88. The van der Waals surface area contributed by atoms with Gasteiger partial charge in [-0.2, -0.15) is 0 Å². The lowest BCUT2D eigenvalue weighted by Gasteiger charge is -2.17. The molecule has 1 amide bonds. The number of rotatable bonds is 7. The lowest BCUT2D eigenvalue weighted by atomic mass is 9.96. The van der Waals surface area contributed by atoms with E-state index in [0.717, 1.165) is 36.1 Å². The normalized spacial score (nSPS) is 15.8. The number of anilines is 1. The van der Waals surface area contributed by atoms with Crippen LogP contribution in [-0.2, 0) is 19.7 Å². The Labute approximate surface area is 154 Å². The number of carbonyl (C=O) groups is 2. The second-order valence-electron chi connectivity index (χ2n) is 6.97. The number of hydrogen-bond donors (Lipinski definition) is 1. The quantitative estimate of drug-likeness (QED) is 0.752. The van der Waals surface area contributed by atoms with Gasteiger partial charge >= 0.3 is 5.97 Å². The van der Waals surface area contributed by atoms with E-state index in [2.05, 4.69) is 19.2 Å². The molecule has 0 radical (unpaired) electrons. The molecule has 0 spiro atoms. The van der Waals surface area contributed by atoms with Gasteiger partial charge in [0, 0.05) is 5.69 Å². The summed E-state index contributed by atoms with van der Waals surface area (Å²) in [5.41, 5.74) is 2.29. The lowest BCUT2D eigenvalue weighted by molar-refractivity contribution is -0.150. The van der Waals surface area contributed by atoms with Crippen molar-refractivity contribution in [3.8, 4) is 0 Å². The molecule has 1 aliphatic carbocycles. The van der Waals surface area contributed by atoms with Crippen LogP contribution in [0.5, 0.6) is 0 Å². The van der Waals surface area contributed by atoms with Crippen molar-refractivity contribution in [2.45, 2.75) is 44.4 Å². The minimum absolute atomic E-state index is 0.262. The fourth-order valence-electron chi connectivity index (χ4n) is 3.21. The summed E-state index contributed by atoms with van der Waals surface area (Å²) in [6, 6.07) is 17.4.